The Kier molecular flexibility index (Phi) is 9.78. The van der Waals surface area contributed by atoms with Gasteiger partial charge < -0.3 is 24.3 Å². The van der Waals surface area contributed by atoms with Crippen LogP contribution in [0, 0.1) is 5.82 Å². The lowest BCUT2D eigenvalue weighted by Crippen LogP contribution is -2.43. The van der Waals surface area contributed by atoms with Crippen LogP contribution in [-0.2, 0) is 17.8 Å². The minimum atomic E-state index is -0.329. The highest BCUT2D eigenvalue weighted by Crippen LogP contribution is 2.26. The van der Waals surface area contributed by atoms with Gasteiger partial charge in [0.1, 0.15) is 23.9 Å². The zero-order valence-corrected chi connectivity index (χ0v) is 23.3. The van der Waals surface area contributed by atoms with E-state index in [0.29, 0.717) is 43.1 Å². The molecule has 0 bridgehead atoms. The van der Waals surface area contributed by atoms with Gasteiger partial charge in [-0.2, -0.15) is 0 Å². The second-order valence-corrected chi connectivity index (χ2v) is 9.70. The fraction of sp³-hybridized carbons (Fsp3) is 0.312. The Labute approximate surface area is 234 Å². The maximum Gasteiger partial charge on any atom is 0.258 e. The zero-order chi connectivity index (χ0) is 28.5. The number of nitrogens with zero attached hydrogens (tertiary/aromatic N) is 2. The lowest BCUT2D eigenvalue weighted by molar-refractivity contribution is -0.132. The minimum absolute atomic E-state index is 0.0803. The number of aromatic nitrogens is 1. The molecule has 0 radical (unpaired) electrons. The molecule has 2 amide bonds. The Hall–Kier alpha value is -4.33. The van der Waals surface area contributed by atoms with E-state index >= 15 is 0 Å². The van der Waals surface area contributed by atoms with Gasteiger partial charge in [0, 0.05) is 42.8 Å². The van der Waals surface area contributed by atoms with E-state index in [1.165, 1.54) is 19.2 Å². The van der Waals surface area contributed by atoms with Crippen LogP contribution in [0.25, 0.3) is 10.9 Å². The van der Waals surface area contributed by atoms with Gasteiger partial charge >= 0.3 is 0 Å². The van der Waals surface area contributed by atoms with E-state index in [1.54, 1.807) is 47.2 Å². The van der Waals surface area contributed by atoms with Gasteiger partial charge in [0.15, 0.2) is 0 Å². The van der Waals surface area contributed by atoms with Crippen LogP contribution in [0.1, 0.15) is 41.3 Å². The number of hydrogen-bond donors (Lipinski definition) is 1. The summed E-state index contributed by atoms with van der Waals surface area (Å²) in [6.07, 6.45) is 4.23. The summed E-state index contributed by atoms with van der Waals surface area (Å²) in [7, 11) is 3.05. The molecule has 0 saturated carbocycles. The summed E-state index contributed by atoms with van der Waals surface area (Å²) in [5.74, 6) is 0.180. The van der Waals surface area contributed by atoms with E-state index in [4.69, 9.17) is 9.47 Å². The molecule has 0 aliphatic rings. The highest BCUT2D eigenvalue weighted by Gasteiger charge is 2.25. The van der Waals surface area contributed by atoms with Crippen molar-refractivity contribution < 1.29 is 23.5 Å². The molecule has 1 heterocycles. The number of carbonyl (C=O) groups excluding carboxylic acids is 2. The Morgan fingerprint density at radius 1 is 0.925 bits per heavy atom. The van der Waals surface area contributed by atoms with Gasteiger partial charge in [0.2, 0.25) is 5.91 Å². The molecule has 40 heavy (non-hydrogen) atoms. The molecule has 0 atom stereocenters. The number of para-hydroxylation sites is 1. The van der Waals surface area contributed by atoms with E-state index in [-0.39, 0.29) is 24.2 Å². The molecule has 0 aliphatic carbocycles. The molecule has 0 aliphatic heterocycles. The van der Waals surface area contributed by atoms with E-state index in [0.717, 1.165) is 34.9 Å². The first kappa shape index (κ1) is 28.7. The Morgan fingerprint density at radius 2 is 1.70 bits per heavy atom. The van der Waals surface area contributed by atoms with Crippen LogP contribution < -0.4 is 9.47 Å². The monoisotopic (exact) mass is 545 g/mol. The summed E-state index contributed by atoms with van der Waals surface area (Å²) in [5.41, 5.74) is 3.33. The van der Waals surface area contributed by atoms with Crippen LogP contribution in [0.5, 0.6) is 11.5 Å². The van der Waals surface area contributed by atoms with Gasteiger partial charge in [-0.25, -0.2) is 4.39 Å². The molecular formula is C32H36FN3O4. The molecule has 1 N–H and O–H groups in total. The van der Waals surface area contributed by atoms with Crippen molar-refractivity contribution in [3.63, 3.8) is 0 Å². The second-order valence-electron chi connectivity index (χ2n) is 9.70. The Balaban J connectivity index is 1.57. The fourth-order valence-corrected chi connectivity index (χ4v) is 4.71. The van der Waals surface area contributed by atoms with Crippen LogP contribution in [0.2, 0.25) is 0 Å². The average molecular weight is 546 g/mol. The van der Waals surface area contributed by atoms with Crippen molar-refractivity contribution in [2.45, 2.75) is 32.7 Å². The topological polar surface area (TPSA) is 74.9 Å². The smallest absolute Gasteiger partial charge is 0.258 e. The van der Waals surface area contributed by atoms with E-state index < -0.39 is 0 Å². The highest BCUT2D eigenvalue weighted by molar-refractivity contribution is 5.99. The molecule has 0 saturated heterocycles. The number of fused-ring (bicyclic) bond motifs is 1. The number of rotatable bonds is 13. The van der Waals surface area contributed by atoms with Crippen LogP contribution in [-0.4, -0.2) is 60.5 Å². The predicted octanol–water partition coefficient (Wildman–Crippen LogP) is 5.84. The quantitative estimate of drug-likeness (QED) is 0.229. The zero-order valence-electron chi connectivity index (χ0n) is 23.3. The van der Waals surface area contributed by atoms with Gasteiger partial charge in [0.05, 0.1) is 19.8 Å². The van der Waals surface area contributed by atoms with E-state index in [2.05, 4.69) is 11.1 Å². The lowest BCUT2D eigenvalue weighted by atomic mass is 10.1. The van der Waals surface area contributed by atoms with Gasteiger partial charge in [0.25, 0.3) is 5.91 Å². The minimum Gasteiger partial charge on any atom is -0.497 e. The van der Waals surface area contributed by atoms with Crippen molar-refractivity contribution >= 4 is 22.7 Å². The molecular weight excluding hydrogens is 509 g/mol. The molecule has 0 fully saturated rings. The third-order valence-corrected chi connectivity index (χ3v) is 7.00. The number of amides is 2. The molecule has 7 nitrogen and oxygen atoms in total. The van der Waals surface area contributed by atoms with Crippen molar-refractivity contribution in [3.05, 3.63) is 95.4 Å². The third-order valence-electron chi connectivity index (χ3n) is 7.00. The standard InChI is InChI=1S/C32H36FN3O4/c1-4-5-17-36(32(38)28-15-14-26(39-2)19-30(28)40-3)22-31(37)35(21-23-10-12-25(33)13-11-23)18-16-24-20-34-29-9-7-6-8-27(24)29/h6-15,19-20,34H,4-5,16-18,21-22H2,1-3H3. The Morgan fingerprint density at radius 3 is 2.42 bits per heavy atom. The number of unbranched alkanes of at least 4 members (excludes halogenated alkanes) is 1. The number of halogens is 1. The third kappa shape index (κ3) is 7.00. The molecule has 210 valence electrons. The number of ether oxygens (including phenoxy) is 2. The molecule has 4 rings (SSSR count). The van der Waals surface area contributed by atoms with E-state index in [1.807, 2.05) is 31.3 Å². The average Bonchev–Trinajstić information content (AvgIpc) is 3.40. The van der Waals surface area contributed by atoms with Crippen molar-refractivity contribution in [1.82, 2.24) is 14.8 Å². The molecule has 4 aromatic rings. The molecule has 1 aromatic heterocycles. The van der Waals surface area contributed by atoms with Crippen LogP contribution in [0.15, 0.2) is 72.9 Å². The second kappa shape index (κ2) is 13.6. The molecule has 8 heteroatoms. The van der Waals surface area contributed by atoms with Crippen LogP contribution in [0.3, 0.4) is 0 Å². The van der Waals surface area contributed by atoms with E-state index in [9.17, 15) is 14.0 Å². The maximum absolute atomic E-state index is 13.8. The van der Waals surface area contributed by atoms with Gasteiger partial charge in [-0.15, -0.1) is 0 Å². The Bertz CT molecular complexity index is 1430. The molecule has 0 unspecified atom stereocenters. The number of H-pyrrole nitrogens is 1. The first-order chi connectivity index (χ1) is 19.4. The van der Waals surface area contributed by atoms with Crippen LogP contribution in [0.4, 0.5) is 4.39 Å². The van der Waals surface area contributed by atoms with Crippen molar-refractivity contribution in [3.8, 4) is 11.5 Å². The largest absolute Gasteiger partial charge is 0.497 e. The normalized spacial score (nSPS) is 10.9. The van der Waals surface area contributed by atoms with Crippen molar-refractivity contribution in [1.29, 1.82) is 0 Å². The number of benzene rings is 3. The number of methoxy groups -OCH3 is 2. The summed E-state index contributed by atoms with van der Waals surface area (Å²) in [6.45, 7) is 3.15. The highest BCUT2D eigenvalue weighted by atomic mass is 19.1. The van der Waals surface area contributed by atoms with Crippen molar-refractivity contribution in [2.24, 2.45) is 0 Å². The van der Waals surface area contributed by atoms with Crippen molar-refractivity contribution in [2.75, 3.05) is 33.9 Å². The first-order valence-electron chi connectivity index (χ1n) is 13.5. The summed E-state index contributed by atoms with van der Waals surface area (Å²) >= 11 is 0. The number of carbonyl (C=O) groups is 2. The predicted molar refractivity (Wildman–Crippen MR) is 154 cm³/mol. The maximum atomic E-state index is 13.8. The summed E-state index contributed by atoms with van der Waals surface area (Å²) in [6, 6.07) is 19.2. The van der Waals surface area contributed by atoms with Gasteiger partial charge in [-0.05, 0) is 54.3 Å². The number of aromatic amines is 1. The van der Waals surface area contributed by atoms with Gasteiger partial charge in [-0.1, -0.05) is 43.7 Å². The van der Waals surface area contributed by atoms with Gasteiger partial charge in [-0.3, -0.25) is 9.59 Å². The lowest BCUT2D eigenvalue weighted by Gasteiger charge is -2.28. The first-order valence-corrected chi connectivity index (χ1v) is 13.5. The summed E-state index contributed by atoms with van der Waals surface area (Å²) in [4.78, 5) is 34.1. The summed E-state index contributed by atoms with van der Waals surface area (Å²) < 4.78 is 24.3. The van der Waals surface area contributed by atoms with Crippen LogP contribution >= 0.6 is 0 Å². The molecule has 0 spiro atoms. The fourth-order valence-electron chi connectivity index (χ4n) is 4.71. The molecule has 3 aromatic carbocycles. The number of hydrogen-bond acceptors (Lipinski definition) is 4. The SMILES string of the molecule is CCCCN(CC(=O)N(CCc1c[nH]c2ccccc12)Cc1ccc(F)cc1)C(=O)c1ccc(OC)cc1OC. The summed E-state index contributed by atoms with van der Waals surface area (Å²) in [5, 5.41) is 1.11. The number of nitrogens with one attached hydrogen (secondary N) is 1.